The van der Waals surface area contributed by atoms with Crippen LogP contribution in [0.3, 0.4) is 0 Å². The maximum Gasteiger partial charge on any atom is 0.401 e. The third-order valence-corrected chi connectivity index (χ3v) is 4.60. The average Bonchev–Trinajstić information content (AvgIpc) is 3.20. The van der Waals surface area contributed by atoms with Crippen molar-refractivity contribution in [1.29, 1.82) is 0 Å². The molecule has 0 aliphatic heterocycles. The molecule has 5 nitrogen and oxygen atoms in total. The topological polar surface area (TPSA) is 50.2 Å². The number of hydrogen-bond acceptors (Lipinski definition) is 3. The number of benzene rings is 1. The van der Waals surface area contributed by atoms with E-state index in [0.29, 0.717) is 18.7 Å². The second kappa shape index (κ2) is 8.12. The van der Waals surface area contributed by atoms with Crippen LogP contribution in [-0.2, 0) is 12.8 Å². The Morgan fingerprint density at radius 3 is 2.70 bits per heavy atom. The first kappa shape index (κ1) is 19.4. The molecule has 0 spiro atoms. The minimum Gasteiger partial charge on any atom is -0.351 e. The molecule has 3 rings (SSSR count). The number of nitrogens with one attached hydrogen (secondary N) is 1. The van der Waals surface area contributed by atoms with Gasteiger partial charge in [-0.2, -0.15) is 18.3 Å². The summed E-state index contributed by atoms with van der Waals surface area (Å²) in [6, 6.07) is 9.68. The molecule has 1 aromatic carbocycles. The zero-order chi connectivity index (χ0) is 19.4. The Labute approximate surface area is 156 Å². The van der Waals surface area contributed by atoms with Crippen molar-refractivity contribution in [3.05, 3.63) is 47.3 Å². The van der Waals surface area contributed by atoms with Crippen LogP contribution in [0.2, 0.25) is 0 Å². The first-order valence-electron chi connectivity index (χ1n) is 9.05. The summed E-state index contributed by atoms with van der Waals surface area (Å²) in [5.74, 6) is -0.263. The third kappa shape index (κ3) is 4.88. The highest BCUT2D eigenvalue weighted by Crippen LogP contribution is 2.27. The second-order valence-corrected chi connectivity index (χ2v) is 6.84. The zero-order valence-corrected chi connectivity index (χ0v) is 15.2. The molecule has 1 aromatic heterocycles. The van der Waals surface area contributed by atoms with E-state index >= 15 is 0 Å². The molecule has 1 aliphatic carbocycles. The van der Waals surface area contributed by atoms with E-state index in [4.69, 9.17) is 0 Å². The number of carbonyl (C=O) groups is 1. The summed E-state index contributed by atoms with van der Waals surface area (Å²) >= 11 is 0. The summed E-state index contributed by atoms with van der Waals surface area (Å²) in [4.78, 5) is 13.7. The van der Waals surface area contributed by atoms with E-state index in [1.165, 1.54) is 11.9 Å². The Kier molecular flexibility index (Phi) is 5.84. The van der Waals surface area contributed by atoms with Gasteiger partial charge in [0.15, 0.2) is 5.69 Å². The highest BCUT2D eigenvalue weighted by molar-refractivity contribution is 5.94. The molecule has 27 heavy (non-hydrogen) atoms. The van der Waals surface area contributed by atoms with Crippen LogP contribution in [0.5, 0.6) is 0 Å². The molecule has 8 heteroatoms. The second-order valence-electron chi connectivity index (χ2n) is 6.84. The standard InChI is InChI=1S/C19H23F3N4O/c1-25(13-19(20,21)22)12-6-11-23-18(27)17-15-9-5-10-16(15)26(24-17)14-7-3-2-4-8-14/h2-4,7-8H,5-6,9-13H2,1H3,(H,23,27). The van der Waals surface area contributed by atoms with Crippen molar-refractivity contribution >= 4 is 5.91 Å². The SMILES string of the molecule is CN(CCCNC(=O)c1nn(-c2ccccc2)c2c1CCC2)CC(F)(F)F. The zero-order valence-electron chi connectivity index (χ0n) is 15.2. The molecular formula is C19H23F3N4O. The summed E-state index contributed by atoms with van der Waals surface area (Å²) in [6.45, 7) is -0.375. The van der Waals surface area contributed by atoms with Crippen molar-refractivity contribution < 1.29 is 18.0 Å². The molecule has 0 bridgehead atoms. The predicted octanol–water partition coefficient (Wildman–Crippen LogP) is 2.98. The summed E-state index contributed by atoms with van der Waals surface area (Å²) in [5.41, 5.74) is 3.39. The van der Waals surface area contributed by atoms with Crippen molar-refractivity contribution in [2.45, 2.75) is 31.9 Å². The Balaban J connectivity index is 1.60. The van der Waals surface area contributed by atoms with Gasteiger partial charge in [0.1, 0.15) is 0 Å². The summed E-state index contributed by atoms with van der Waals surface area (Å²) in [6.07, 6.45) is -1.07. The van der Waals surface area contributed by atoms with Gasteiger partial charge in [-0.25, -0.2) is 4.68 Å². The van der Waals surface area contributed by atoms with Gasteiger partial charge in [-0.3, -0.25) is 9.69 Å². The van der Waals surface area contributed by atoms with E-state index in [2.05, 4.69) is 10.4 Å². The average molecular weight is 380 g/mol. The summed E-state index contributed by atoms with van der Waals surface area (Å²) in [7, 11) is 1.42. The van der Waals surface area contributed by atoms with Gasteiger partial charge >= 0.3 is 6.18 Å². The van der Waals surface area contributed by atoms with E-state index in [-0.39, 0.29) is 12.5 Å². The molecule has 0 fully saturated rings. The molecule has 0 saturated heterocycles. The number of carbonyl (C=O) groups excluding carboxylic acids is 1. The number of alkyl halides is 3. The fraction of sp³-hybridized carbons (Fsp3) is 0.474. The van der Waals surface area contributed by atoms with Gasteiger partial charge in [0.05, 0.1) is 12.2 Å². The molecule has 2 aromatic rings. The molecule has 146 valence electrons. The van der Waals surface area contributed by atoms with Gasteiger partial charge in [0.25, 0.3) is 5.91 Å². The number of amides is 1. The summed E-state index contributed by atoms with van der Waals surface area (Å²) in [5, 5.41) is 7.30. The van der Waals surface area contributed by atoms with Crippen LogP contribution in [0.25, 0.3) is 5.69 Å². The normalized spacial score (nSPS) is 13.8. The van der Waals surface area contributed by atoms with E-state index in [0.717, 1.165) is 36.2 Å². The molecule has 0 radical (unpaired) electrons. The number of hydrogen-bond donors (Lipinski definition) is 1. The first-order valence-corrected chi connectivity index (χ1v) is 9.05. The lowest BCUT2D eigenvalue weighted by Crippen LogP contribution is -2.34. The molecular weight excluding hydrogens is 357 g/mol. The lowest BCUT2D eigenvalue weighted by Gasteiger charge is -2.18. The van der Waals surface area contributed by atoms with Crippen LogP contribution < -0.4 is 5.32 Å². The van der Waals surface area contributed by atoms with E-state index in [1.807, 2.05) is 35.0 Å². The third-order valence-electron chi connectivity index (χ3n) is 4.60. The minimum atomic E-state index is -4.21. The maximum atomic E-state index is 12.5. The number of aromatic nitrogens is 2. The molecule has 0 unspecified atom stereocenters. The Morgan fingerprint density at radius 2 is 2.00 bits per heavy atom. The van der Waals surface area contributed by atoms with Crippen LogP contribution in [0.1, 0.15) is 34.6 Å². The Morgan fingerprint density at radius 1 is 1.26 bits per heavy atom. The monoisotopic (exact) mass is 380 g/mol. The molecule has 1 heterocycles. The van der Waals surface area contributed by atoms with E-state index in [9.17, 15) is 18.0 Å². The fourth-order valence-corrected chi connectivity index (χ4v) is 3.42. The summed E-state index contributed by atoms with van der Waals surface area (Å²) < 4.78 is 38.8. The van der Waals surface area contributed by atoms with Gasteiger partial charge in [-0.1, -0.05) is 18.2 Å². The van der Waals surface area contributed by atoms with Gasteiger partial charge in [0.2, 0.25) is 0 Å². The number of halogens is 3. The highest BCUT2D eigenvalue weighted by Gasteiger charge is 2.29. The van der Waals surface area contributed by atoms with Crippen molar-refractivity contribution in [2.75, 3.05) is 26.7 Å². The molecule has 0 atom stereocenters. The molecule has 0 saturated carbocycles. The molecule has 1 amide bonds. The van der Waals surface area contributed by atoms with Gasteiger partial charge in [0, 0.05) is 17.8 Å². The molecule has 1 aliphatic rings. The number of para-hydroxylation sites is 1. The van der Waals surface area contributed by atoms with E-state index < -0.39 is 12.7 Å². The molecule has 1 N–H and O–H groups in total. The van der Waals surface area contributed by atoms with Crippen molar-refractivity contribution in [2.24, 2.45) is 0 Å². The van der Waals surface area contributed by atoms with Crippen LogP contribution in [0.15, 0.2) is 30.3 Å². The smallest absolute Gasteiger partial charge is 0.351 e. The Bertz CT molecular complexity index is 786. The van der Waals surface area contributed by atoms with Crippen molar-refractivity contribution in [1.82, 2.24) is 20.0 Å². The quantitative estimate of drug-likeness (QED) is 0.752. The van der Waals surface area contributed by atoms with Crippen LogP contribution in [0, 0.1) is 0 Å². The lowest BCUT2D eigenvalue weighted by molar-refractivity contribution is -0.143. The van der Waals surface area contributed by atoms with Crippen molar-refractivity contribution in [3.8, 4) is 5.69 Å². The fourth-order valence-electron chi connectivity index (χ4n) is 3.42. The minimum absolute atomic E-state index is 0.260. The largest absolute Gasteiger partial charge is 0.401 e. The predicted molar refractivity (Wildman–Crippen MR) is 96.1 cm³/mol. The Hall–Kier alpha value is -2.35. The van der Waals surface area contributed by atoms with Gasteiger partial charge < -0.3 is 5.32 Å². The first-order chi connectivity index (χ1) is 12.8. The highest BCUT2D eigenvalue weighted by atomic mass is 19.4. The maximum absolute atomic E-state index is 12.5. The van der Waals surface area contributed by atoms with Crippen LogP contribution >= 0.6 is 0 Å². The number of nitrogens with zero attached hydrogens (tertiary/aromatic N) is 3. The van der Waals surface area contributed by atoms with Crippen LogP contribution in [-0.4, -0.2) is 53.4 Å². The lowest BCUT2D eigenvalue weighted by atomic mass is 10.2. The number of rotatable bonds is 7. The van der Waals surface area contributed by atoms with Gasteiger partial charge in [-0.15, -0.1) is 0 Å². The van der Waals surface area contributed by atoms with E-state index in [1.54, 1.807) is 0 Å². The van der Waals surface area contributed by atoms with Gasteiger partial charge in [-0.05, 0) is 51.4 Å². The van der Waals surface area contributed by atoms with Crippen molar-refractivity contribution in [3.63, 3.8) is 0 Å². The number of fused-ring (bicyclic) bond motifs is 1. The van der Waals surface area contributed by atoms with Crippen LogP contribution in [0.4, 0.5) is 13.2 Å².